The number of carbonyl (C=O) groups is 1. The maximum absolute atomic E-state index is 14.1. The summed E-state index contributed by atoms with van der Waals surface area (Å²) in [6.07, 6.45) is 5.46. The number of hydrogen-bond donors (Lipinski definition) is 2. The molecule has 0 spiro atoms. The second-order valence-corrected chi connectivity index (χ2v) is 9.12. The van der Waals surface area contributed by atoms with E-state index in [0.717, 1.165) is 32.4 Å². The van der Waals surface area contributed by atoms with Gasteiger partial charge in [0.15, 0.2) is 5.82 Å². The van der Waals surface area contributed by atoms with Crippen molar-refractivity contribution in [2.45, 2.75) is 38.3 Å². The van der Waals surface area contributed by atoms with Gasteiger partial charge in [-0.2, -0.15) is 0 Å². The third kappa shape index (κ3) is 5.32. The molecule has 1 aromatic heterocycles. The fourth-order valence-corrected chi connectivity index (χ4v) is 4.63. The van der Waals surface area contributed by atoms with E-state index in [0.29, 0.717) is 40.3 Å². The summed E-state index contributed by atoms with van der Waals surface area (Å²) >= 11 is 5.87. The summed E-state index contributed by atoms with van der Waals surface area (Å²) in [6, 6.07) is 4.38. The highest BCUT2D eigenvalue weighted by atomic mass is 35.5. The molecule has 1 aromatic carbocycles. The van der Waals surface area contributed by atoms with Gasteiger partial charge in [0.1, 0.15) is 17.7 Å². The second kappa shape index (κ2) is 10.7. The van der Waals surface area contributed by atoms with Gasteiger partial charge in [0.25, 0.3) is 5.91 Å². The summed E-state index contributed by atoms with van der Waals surface area (Å²) in [4.78, 5) is 25.7. The van der Waals surface area contributed by atoms with Gasteiger partial charge in [-0.15, -0.1) is 0 Å². The lowest BCUT2D eigenvalue weighted by molar-refractivity contribution is 0.0710. The fourth-order valence-electron chi connectivity index (χ4n) is 4.53. The van der Waals surface area contributed by atoms with Gasteiger partial charge in [-0.25, -0.2) is 14.4 Å². The average molecular weight is 489 g/mol. The van der Waals surface area contributed by atoms with E-state index in [4.69, 9.17) is 27.8 Å². The van der Waals surface area contributed by atoms with Crippen molar-refractivity contribution < 1.29 is 13.9 Å². The summed E-state index contributed by atoms with van der Waals surface area (Å²) < 4.78 is 20.3. The average Bonchev–Trinajstić information content (AvgIpc) is 3.23. The molecule has 1 unspecified atom stereocenters. The van der Waals surface area contributed by atoms with Gasteiger partial charge < -0.3 is 21.1 Å². The molecule has 3 heterocycles. The predicted molar refractivity (Wildman–Crippen MR) is 129 cm³/mol. The molecular weight excluding hydrogens is 459 g/mol. The van der Waals surface area contributed by atoms with Crippen LogP contribution in [0.3, 0.4) is 0 Å². The fraction of sp³-hybridized carbons (Fsp3) is 0.458. The molecule has 8 nitrogen and oxygen atoms in total. The van der Waals surface area contributed by atoms with Crippen molar-refractivity contribution in [3.05, 3.63) is 58.5 Å². The lowest BCUT2D eigenvalue weighted by atomic mass is 10.0. The highest BCUT2D eigenvalue weighted by Crippen LogP contribution is 2.29. The number of carbonyl (C=O) groups excluding carboxylic acids is 1. The van der Waals surface area contributed by atoms with Crippen LogP contribution in [0.15, 0.2) is 36.3 Å². The zero-order chi connectivity index (χ0) is 24.2. The number of ether oxygens (including phenoxy) is 1. The Labute approximate surface area is 203 Å². The van der Waals surface area contributed by atoms with Crippen LogP contribution in [-0.2, 0) is 0 Å². The minimum Gasteiger partial charge on any atom is -0.489 e. The Balaban J connectivity index is 1.45. The van der Waals surface area contributed by atoms with Crippen molar-refractivity contribution in [3.63, 3.8) is 0 Å². The first-order valence-electron chi connectivity index (χ1n) is 11.5. The summed E-state index contributed by atoms with van der Waals surface area (Å²) in [7, 11) is 0. The number of nitrogens with two attached hydrogens (primary N) is 2. The van der Waals surface area contributed by atoms with Crippen LogP contribution in [0.2, 0.25) is 5.02 Å². The standard InChI is InChI=1S/C24H30ClFN6O2/c1-2-17(10-27)31-7-5-18(6-8-31)34-22-9-16(26)3-4-19(22)24(33)32-13-20(21(28)14-32)23-29-11-15(25)12-30-23/h3-4,9,11-12,17-18H,2,5-8,10,13-14,27-28H2,1H3. The molecule has 1 amide bonds. The Bertz CT molecular complexity index is 1050. The number of benzene rings is 1. The Morgan fingerprint density at radius 2 is 1.97 bits per heavy atom. The minimum atomic E-state index is -0.451. The van der Waals surface area contributed by atoms with Crippen LogP contribution < -0.4 is 16.2 Å². The van der Waals surface area contributed by atoms with Crippen molar-refractivity contribution in [1.82, 2.24) is 19.8 Å². The molecular formula is C24H30ClFN6O2. The van der Waals surface area contributed by atoms with Crippen LogP contribution in [0.4, 0.5) is 4.39 Å². The van der Waals surface area contributed by atoms with Crippen molar-refractivity contribution >= 4 is 23.1 Å². The molecule has 1 fully saturated rings. The maximum Gasteiger partial charge on any atom is 0.258 e. The van der Waals surface area contributed by atoms with Crippen LogP contribution in [0, 0.1) is 5.82 Å². The second-order valence-electron chi connectivity index (χ2n) is 8.68. The lowest BCUT2D eigenvalue weighted by Gasteiger charge is -2.37. The molecule has 10 heteroatoms. The number of likely N-dealkylation sites (tertiary alicyclic amines) is 1. The van der Waals surface area contributed by atoms with Gasteiger partial charge in [-0.1, -0.05) is 18.5 Å². The molecule has 1 saturated heterocycles. The van der Waals surface area contributed by atoms with E-state index in [-0.39, 0.29) is 30.9 Å². The van der Waals surface area contributed by atoms with Gasteiger partial charge in [-0.3, -0.25) is 9.69 Å². The molecule has 0 radical (unpaired) electrons. The van der Waals surface area contributed by atoms with Gasteiger partial charge in [0.05, 0.1) is 23.7 Å². The van der Waals surface area contributed by atoms with E-state index >= 15 is 0 Å². The normalized spacial score (nSPS) is 18.4. The van der Waals surface area contributed by atoms with Gasteiger partial charge in [0.2, 0.25) is 0 Å². The van der Waals surface area contributed by atoms with Crippen LogP contribution in [0.1, 0.15) is 42.4 Å². The van der Waals surface area contributed by atoms with Crippen LogP contribution in [0.25, 0.3) is 5.57 Å². The molecule has 4 rings (SSSR count). The number of aromatic nitrogens is 2. The number of piperidine rings is 1. The molecule has 1 atom stereocenters. The molecule has 2 aromatic rings. The third-order valence-electron chi connectivity index (χ3n) is 6.48. The number of amides is 1. The third-order valence-corrected chi connectivity index (χ3v) is 6.67. The van der Waals surface area contributed by atoms with E-state index in [1.807, 2.05) is 0 Å². The first kappa shape index (κ1) is 24.4. The Morgan fingerprint density at radius 1 is 1.26 bits per heavy atom. The van der Waals surface area contributed by atoms with Crippen LogP contribution >= 0.6 is 11.6 Å². The summed E-state index contributed by atoms with van der Waals surface area (Å²) in [6.45, 7) is 4.95. The molecule has 2 aliphatic rings. The molecule has 0 saturated carbocycles. The monoisotopic (exact) mass is 488 g/mol. The van der Waals surface area contributed by atoms with Crippen molar-refractivity contribution in [2.24, 2.45) is 11.5 Å². The molecule has 0 bridgehead atoms. The maximum atomic E-state index is 14.1. The smallest absolute Gasteiger partial charge is 0.258 e. The Morgan fingerprint density at radius 3 is 2.62 bits per heavy atom. The van der Waals surface area contributed by atoms with E-state index in [1.54, 1.807) is 4.90 Å². The molecule has 182 valence electrons. The topological polar surface area (TPSA) is 111 Å². The Hall–Kier alpha value is -2.75. The van der Waals surface area contributed by atoms with E-state index in [9.17, 15) is 9.18 Å². The van der Waals surface area contributed by atoms with E-state index in [1.165, 1.54) is 30.6 Å². The lowest BCUT2D eigenvalue weighted by Crippen LogP contribution is -2.47. The summed E-state index contributed by atoms with van der Waals surface area (Å²) in [5.41, 5.74) is 13.6. The summed E-state index contributed by atoms with van der Waals surface area (Å²) in [5.74, 6) is -0.0486. The molecule has 0 aliphatic carbocycles. The highest BCUT2D eigenvalue weighted by molar-refractivity contribution is 6.30. The zero-order valence-electron chi connectivity index (χ0n) is 19.2. The van der Waals surface area contributed by atoms with E-state index in [2.05, 4.69) is 21.8 Å². The number of halogens is 2. The largest absolute Gasteiger partial charge is 0.489 e. The van der Waals surface area contributed by atoms with Crippen molar-refractivity contribution in [1.29, 1.82) is 0 Å². The minimum absolute atomic E-state index is 0.0975. The molecule has 34 heavy (non-hydrogen) atoms. The Kier molecular flexibility index (Phi) is 7.65. The van der Waals surface area contributed by atoms with Gasteiger partial charge >= 0.3 is 0 Å². The zero-order valence-corrected chi connectivity index (χ0v) is 20.0. The van der Waals surface area contributed by atoms with E-state index < -0.39 is 5.82 Å². The number of hydrogen-bond acceptors (Lipinski definition) is 7. The van der Waals surface area contributed by atoms with Gasteiger partial charge in [-0.05, 0) is 31.4 Å². The number of nitrogens with zero attached hydrogens (tertiary/aromatic N) is 4. The molecule has 4 N–H and O–H groups in total. The SMILES string of the molecule is CCC(CN)N1CCC(Oc2cc(F)ccc2C(=O)N2CC(N)=C(c3ncc(Cl)cn3)C2)CC1. The first-order chi connectivity index (χ1) is 16.4. The van der Waals surface area contributed by atoms with Crippen molar-refractivity contribution in [3.8, 4) is 5.75 Å². The summed E-state index contributed by atoms with van der Waals surface area (Å²) in [5, 5.41) is 0.418. The molecule has 2 aliphatic heterocycles. The van der Waals surface area contributed by atoms with Gasteiger partial charge in [0, 0.05) is 55.4 Å². The quantitative estimate of drug-likeness (QED) is 0.616. The van der Waals surface area contributed by atoms with Crippen LogP contribution in [-0.4, -0.2) is 70.5 Å². The first-order valence-corrected chi connectivity index (χ1v) is 11.9. The van der Waals surface area contributed by atoms with Crippen LogP contribution in [0.5, 0.6) is 5.75 Å². The van der Waals surface area contributed by atoms with Crippen molar-refractivity contribution in [2.75, 3.05) is 32.7 Å². The highest BCUT2D eigenvalue weighted by Gasteiger charge is 2.31. The number of rotatable bonds is 7. The predicted octanol–water partition coefficient (Wildman–Crippen LogP) is 2.68.